The van der Waals surface area contributed by atoms with Gasteiger partial charge in [-0.25, -0.2) is 18.4 Å². The smallest absolute Gasteiger partial charge is 0.245 e. The van der Waals surface area contributed by atoms with E-state index in [1.54, 1.807) is 0 Å². The summed E-state index contributed by atoms with van der Waals surface area (Å²) in [5.41, 5.74) is -0.168. The van der Waals surface area contributed by atoms with Crippen LogP contribution in [0.2, 0.25) is 5.02 Å². The van der Waals surface area contributed by atoms with Crippen molar-refractivity contribution in [1.29, 1.82) is 0 Å². The minimum atomic E-state index is -4.15. The van der Waals surface area contributed by atoms with Gasteiger partial charge in [0.2, 0.25) is 27.7 Å². The van der Waals surface area contributed by atoms with E-state index in [1.165, 1.54) is 51.5 Å². The van der Waals surface area contributed by atoms with Crippen molar-refractivity contribution < 1.29 is 27.4 Å². The molecule has 4 heterocycles. The van der Waals surface area contributed by atoms with Gasteiger partial charge >= 0.3 is 0 Å². The number of ether oxygens (including phenoxy) is 4. The number of methoxy groups -OCH3 is 3. The normalized spacial score (nSPS) is 18.7. The molecule has 206 valence electrons. The lowest BCUT2D eigenvalue weighted by Gasteiger charge is -2.23. The summed E-state index contributed by atoms with van der Waals surface area (Å²) >= 11 is 5.88. The monoisotopic (exact) mass is 568 g/mol. The first-order valence-electron chi connectivity index (χ1n) is 11.6. The Morgan fingerprint density at radius 1 is 1.11 bits per heavy atom. The molecule has 14 nitrogen and oxygen atoms in total. The van der Waals surface area contributed by atoms with Gasteiger partial charge in [0.05, 0.1) is 31.5 Å². The molecular formula is C22H29ClN8O6S. The first-order chi connectivity index (χ1) is 18.0. The van der Waals surface area contributed by atoms with E-state index in [0.29, 0.717) is 23.9 Å². The van der Waals surface area contributed by atoms with E-state index in [4.69, 9.17) is 30.5 Å². The molecule has 38 heavy (non-hydrogen) atoms. The maximum atomic E-state index is 13.6. The molecule has 1 N–H and O–H groups in total. The molecule has 0 radical (unpaired) electrons. The summed E-state index contributed by atoms with van der Waals surface area (Å²) in [6.07, 6.45) is 3.62. The number of hydrogen-bond acceptors (Lipinski definition) is 12. The van der Waals surface area contributed by atoms with Crippen LogP contribution in [0.4, 0.5) is 5.95 Å². The maximum absolute atomic E-state index is 13.6. The molecule has 1 aliphatic heterocycles. The highest BCUT2D eigenvalue weighted by atomic mass is 35.5. The van der Waals surface area contributed by atoms with Gasteiger partial charge in [-0.1, -0.05) is 11.6 Å². The van der Waals surface area contributed by atoms with Gasteiger partial charge in [0.25, 0.3) is 0 Å². The number of anilines is 1. The second-order valence-corrected chi connectivity index (χ2v) is 11.7. The maximum Gasteiger partial charge on any atom is 0.245 e. The van der Waals surface area contributed by atoms with Crippen LogP contribution in [0.15, 0.2) is 18.7 Å². The van der Waals surface area contributed by atoms with Crippen LogP contribution < -0.4 is 14.2 Å². The molecule has 0 spiro atoms. The Bertz CT molecular complexity index is 1360. The van der Waals surface area contributed by atoms with Crippen molar-refractivity contribution in [3.63, 3.8) is 0 Å². The van der Waals surface area contributed by atoms with E-state index < -0.39 is 27.0 Å². The molecule has 0 bridgehead atoms. The lowest BCUT2D eigenvalue weighted by atomic mass is 9.97. The lowest BCUT2D eigenvalue weighted by Crippen LogP contribution is -2.33. The summed E-state index contributed by atoms with van der Waals surface area (Å²) in [5.74, 6) is 0.522. The molecule has 3 aromatic rings. The molecule has 1 fully saturated rings. The Hall–Kier alpha value is -3.14. The Balaban J connectivity index is 1.79. The number of nitrogens with zero attached hydrogens (tertiary/aromatic N) is 7. The average Bonchev–Trinajstić information content (AvgIpc) is 3.46. The summed E-state index contributed by atoms with van der Waals surface area (Å²) in [4.78, 5) is 16.6. The third kappa shape index (κ3) is 5.50. The first-order valence-corrected chi connectivity index (χ1v) is 13.5. The fourth-order valence-electron chi connectivity index (χ4n) is 4.25. The number of rotatable bonds is 10. The average molecular weight is 569 g/mol. The van der Waals surface area contributed by atoms with E-state index in [-0.39, 0.29) is 35.1 Å². The first kappa shape index (κ1) is 27.9. The van der Waals surface area contributed by atoms with Gasteiger partial charge in [-0.15, -0.1) is 10.2 Å². The molecule has 0 amide bonds. The zero-order valence-corrected chi connectivity index (χ0v) is 23.3. The van der Waals surface area contributed by atoms with E-state index >= 15 is 0 Å². The summed E-state index contributed by atoms with van der Waals surface area (Å²) in [6.45, 7) is 5.76. The van der Waals surface area contributed by atoms with Gasteiger partial charge < -0.3 is 18.9 Å². The van der Waals surface area contributed by atoms with Crippen LogP contribution in [0.5, 0.6) is 11.8 Å². The predicted octanol–water partition coefficient (Wildman–Crippen LogP) is 2.32. The highest BCUT2D eigenvalue weighted by Gasteiger charge is 2.39. The molecule has 1 saturated heterocycles. The summed E-state index contributed by atoms with van der Waals surface area (Å²) in [7, 11) is 0.0763. The molecule has 4 rings (SSSR count). The van der Waals surface area contributed by atoms with Crippen molar-refractivity contribution in [2.24, 2.45) is 0 Å². The highest BCUT2D eigenvalue weighted by molar-refractivity contribution is 7.93. The molecule has 1 aliphatic rings. The standard InChI is InChI=1S/C22H29ClN8O6S/c1-12(16(34-4)17-24-8-14(23)9-25-17)38(32,33)30-21-29-28-18(13-7-22(2,3)37-10-13)31(21)15-19(35-5)26-11-27-20(15)36-6/h8-9,11-13,16H,7,10H2,1-6H3,(H,29,30)/t12-,13?,16-/m0/s1. The Kier molecular flexibility index (Phi) is 8.01. The zero-order chi connectivity index (χ0) is 27.7. The molecular weight excluding hydrogens is 540 g/mol. The fraction of sp³-hybridized carbons (Fsp3) is 0.545. The molecule has 16 heteroatoms. The van der Waals surface area contributed by atoms with E-state index in [1.807, 2.05) is 13.8 Å². The van der Waals surface area contributed by atoms with Crippen molar-refractivity contribution in [2.45, 2.75) is 50.1 Å². The van der Waals surface area contributed by atoms with Crippen LogP contribution in [0.3, 0.4) is 0 Å². The lowest BCUT2D eigenvalue weighted by molar-refractivity contribution is 0.0360. The Labute approximate surface area is 225 Å². The minimum absolute atomic E-state index is 0.116. The van der Waals surface area contributed by atoms with Crippen LogP contribution in [0.25, 0.3) is 5.69 Å². The summed E-state index contributed by atoms with van der Waals surface area (Å²) < 4.78 is 53.5. The molecule has 3 atom stereocenters. The van der Waals surface area contributed by atoms with E-state index in [9.17, 15) is 8.42 Å². The summed E-state index contributed by atoms with van der Waals surface area (Å²) in [6, 6.07) is 0. The Morgan fingerprint density at radius 3 is 2.26 bits per heavy atom. The van der Waals surface area contributed by atoms with Crippen LogP contribution >= 0.6 is 11.6 Å². The molecule has 1 unspecified atom stereocenters. The van der Waals surface area contributed by atoms with Gasteiger partial charge in [-0.3, -0.25) is 9.29 Å². The van der Waals surface area contributed by atoms with E-state index in [0.717, 1.165) is 0 Å². The highest BCUT2D eigenvalue weighted by Crippen LogP contribution is 2.40. The molecule has 0 saturated carbocycles. The molecule has 0 aliphatic carbocycles. The SMILES string of the molecule is COc1ncnc(OC)c1-n1c(NS(=O)(=O)[C@@H](C)[C@H](OC)c2ncc(Cl)cn2)nnc1C1COC(C)(C)C1. The third-order valence-corrected chi connectivity index (χ3v) is 8.02. The second-order valence-electron chi connectivity index (χ2n) is 9.20. The number of sulfonamides is 1. The van der Waals surface area contributed by atoms with E-state index in [2.05, 4.69) is 34.9 Å². The van der Waals surface area contributed by atoms with Crippen molar-refractivity contribution in [3.05, 3.63) is 35.4 Å². The fourth-order valence-corrected chi connectivity index (χ4v) is 5.48. The van der Waals surface area contributed by atoms with Crippen LogP contribution in [-0.4, -0.2) is 81.9 Å². The van der Waals surface area contributed by atoms with Crippen molar-refractivity contribution in [2.75, 3.05) is 32.7 Å². The van der Waals surface area contributed by atoms with Crippen molar-refractivity contribution >= 4 is 27.6 Å². The number of nitrogens with one attached hydrogen (secondary N) is 1. The second kappa shape index (κ2) is 10.9. The third-order valence-electron chi connectivity index (χ3n) is 6.13. The molecule has 3 aromatic heterocycles. The predicted molar refractivity (Wildman–Crippen MR) is 136 cm³/mol. The van der Waals surface area contributed by atoms with Gasteiger partial charge in [0.1, 0.15) is 23.5 Å². The van der Waals surface area contributed by atoms with Crippen LogP contribution in [0.1, 0.15) is 50.9 Å². The minimum Gasteiger partial charge on any atom is -0.479 e. The van der Waals surface area contributed by atoms with Crippen LogP contribution in [0, 0.1) is 0 Å². The topological polar surface area (TPSA) is 165 Å². The van der Waals surface area contributed by atoms with Crippen molar-refractivity contribution in [1.82, 2.24) is 34.7 Å². The quantitative estimate of drug-likeness (QED) is 0.380. The zero-order valence-electron chi connectivity index (χ0n) is 21.7. The van der Waals surface area contributed by atoms with Gasteiger partial charge in [0.15, 0.2) is 11.5 Å². The number of hydrogen-bond donors (Lipinski definition) is 1. The molecule has 0 aromatic carbocycles. The van der Waals surface area contributed by atoms with Gasteiger partial charge in [-0.05, 0) is 27.2 Å². The van der Waals surface area contributed by atoms with Crippen molar-refractivity contribution in [3.8, 4) is 17.4 Å². The number of halogens is 1. The van der Waals surface area contributed by atoms with Crippen LogP contribution in [-0.2, 0) is 19.5 Å². The Morgan fingerprint density at radius 2 is 1.74 bits per heavy atom. The summed E-state index contributed by atoms with van der Waals surface area (Å²) in [5, 5.41) is 7.68. The van der Waals surface area contributed by atoms with Gasteiger partial charge in [0, 0.05) is 25.4 Å². The number of aromatic nitrogens is 7. The largest absolute Gasteiger partial charge is 0.479 e. The van der Waals surface area contributed by atoms with Gasteiger partial charge in [-0.2, -0.15) is 9.97 Å².